The molecule has 0 radical (unpaired) electrons. The molecule has 3 heteroatoms. The number of hydrogen-bond donors (Lipinski definition) is 1. The predicted octanol–water partition coefficient (Wildman–Crippen LogP) is 2.31. The van der Waals surface area contributed by atoms with Gasteiger partial charge in [0.1, 0.15) is 5.75 Å². The number of methoxy groups -OCH3 is 1. The van der Waals surface area contributed by atoms with E-state index in [2.05, 4.69) is 37.4 Å². The lowest BCUT2D eigenvalue weighted by atomic mass is 10.0. The maximum absolute atomic E-state index is 5.51. The van der Waals surface area contributed by atoms with E-state index in [1.807, 2.05) is 0 Å². The second-order valence-electron chi connectivity index (χ2n) is 4.71. The zero-order chi connectivity index (χ0) is 12.3. The van der Waals surface area contributed by atoms with Crippen molar-refractivity contribution in [3.8, 4) is 5.75 Å². The first-order valence-electron chi connectivity index (χ1n) is 6.21. The van der Waals surface area contributed by atoms with Crippen LogP contribution < -0.4 is 10.1 Å². The second-order valence-corrected chi connectivity index (χ2v) is 4.71. The molecule has 2 atom stereocenters. The molecule has 0 spiro atoms. The van der Waals surface area contributed by atoms with Crippen LogP contribution in [0.2, 0.25) is 0 Å². The van der Waals surface area contributed by atoms with Crippen LogP contribution in [0.5, 0.6) is 5.75 Å². The normalized spacial score (nSPS) is 17.4. The van der Waals surface area contributed by atoms with Crippen molar-refractivity contribution in [2.45, 2.75) is 32.4 Å². The number of hydrogen-bond acceptors (Lipinski definition) is 3. The molecule has 0 aliphatic carbocycles. The third kappa shape index (κ3) is 2.99. The number of ether oxygens (including phenoxy) is 2. The summed E-state index contributed by atoms with van der Waals surface area (Å²) in [4.78, 5) is 0. The van der Waals surface area contributed by atoms with Gasteiger partial charge in [0.25, 0.3) is 0 Å². The minimum atomic E-state index is 0.339. The average molecular weight is 235 g/mol. The molecule has 1 aromatic carbocycles. The van der Waals surface area contributed by atoms with E-state index in [0.717, 1.165) is 25.4 Å². The Labute approximate surface area is 103 Å². The SMILES string of the molecule is COCC(C)NC(C)c1ccc2c(c1)CCO2. The summed E-state index contributed by atoms with van der Waals surface area (Å²) in [5.74, 6) is 1.05. The molecule has 1 N–H and O–H groups in total. The average Bonchev–Trinajstić information content (AvgIpc) is 2.75. The molecule has 0 fully saturated rings. The van der Waals surface area contributed by atoms with E-state index < -0.39 is 0 Å². The van der Waals surface area contributed by atoms with Crippen molar-refractivity contribution in [2.24, 2.45) is 0 Å². The van der Waals surface area contributed by atoms with E-state index in [4.69, 9.17) is 9.47 Å². The Balaban J connectivity index is 2.01. The van der Waals surface area contributed by atoms with Gasteiger partial charge in [-0.05, 0) is 31.0 Å². The zero-order valence-electron chi connectivity index (χ0n) is 10.8. The van der Waals surface area contributed by atoms with E-state index in [0.29, 0.717) is 12.1 Å². The summed E-state index contributed by atoms with van der Waals surface area (Å²) in [6.07, 6.45) is 1.03. The van der Waals surface area contributed by atoms with Gasteiger partial charge < -0.3 is 14.8 Å². The molecule has 1 aliphatic rings. The molecule has 0 bridgehead atoms. The van der Waals surface area contributed by atoms with Crippen LogP contribution in [-0.4, -0.2) is 26.4 Å². The largest absolute Gasteiger partial charge is 0.493 e. The molecule has 0 aromatic heterocycles. The lowest BCUT2D eigenvalue weighted by Gasteiger charge is -2.20. The van der Waals surface area contributed by atoms with Crippen molar-refractivity contribution in [3.63, 3.8) is 0 Å². The smallest absolute Gasteiger partial charge is 0.122 e. The highest BCUT2D eigenvalue weighted by molar-refractivity contribution is 5.40. The van der Waals surface area contributed by atoms with Crippen LogP contribution in [0.1, 0.15) is 31.0 Å². The first-order chi connectivity index (χ1) is 8.20. The molecule has 3 nitrogen and oxygen atoms in total. The van der Waals surface area contributed by atoms with Crippen molar-refractivity contribution in [3.05, 3.63) is 29.3 Å². The molecule has 0 saturated heterocycles. The molecular weight excluding hydrogens is 214 g/mol. The van der Waals surface area contributed by atoms with Crippen LogP contribution in [0.3, 0.4) is 0 Å². The summed E-state index contributed by atoms with van der Waals surface area (Å²) in [6, 6.07) is 7.17. The van der Waals surface area contributed by atoms with Crippen LogP contribution in [0.25, 0.3) is 0 Å². The van der Waals surface area contributed by atoms with E-state index in [9.17, 15) is 0 Å². The van der Waals surface area contributed by atoms with Gasteiger partial charge in [0.05, 0.1) is 13.2 Å². The predicted molar refractivity (Wildman–Crippen MR) is 68.5 cm³/mol. The van der Waals surface area contributed by atoms with E-state index >= 15 is 0 Å². The van der Waals surface area contributed by atoms with Crippen molar-refractivity contribution in [2.75, 3.05) is 20.3 Å². The van der Waals surface area contributed by atoms with Crippen molar-refractivity contribution in [1.29, 1.82) is 0 Å². The van der Waals surface area contributed by atoms with Crippen LogP contribution in [-0.2, 0) is 11.2 Å². The van der Waals surface area contributed by atoms with E-state index in [1.54, 1.807) is 7.11 Å². The Morgan fingerprint density at radius 2 is 2.24 bits per heavy atom. The summed E-state index contributed by atoms with van der Waals surface area (Å²) in [5, 5.41) is 3.52. The number of benzene rings is 1. The summed E-state index contributed by atoms with van der Waals surface area (Å²) in [5.41, 5.74) is 2.65. The Hall–Kier alpha value is -1.06. The minimum absolute atomic E-state index is 0.339. The lowest BCUT2D eigenvalue weighted by molar-refractivity contribution is 0.167. The van der Waals surface area contributed by atoms with Crippen LogP contribution in [0, 0.1) is 0 Å². The van der Waals surface area contributed by atoms with Crippen LogP contribution >= 0.6 is 0 Å². The molecule has 1 heterocycles. The van der Waals surface area contributed by atoms with Crippen molar-refractivity contribution >= 4 is 0 Å². The number of fused-ring (bicyclic) bond motifs is 1. The Morgan fingerprint density at radius 3 is 3.00 bits per heavy atom. The highest BCUT2D eigenvalue weighted by atomic mass is 16.5. The molecule has 0 saturated carbocycles. The van der Waals surface area contributed by atoms with E-state index in [1.165, 1.54) is 11.1 Å². The van der Waals surface area contributed by atoms with Gasteiger partial charge in [0.15, 0.2) is 0 Å². The molecule has 17 heavy (non-hydrogen) atoms. The molecule has 2 unspecified atom stereocenters. The maximum atomic E-state index is 5.51. The van der Waals surface area contributed by atoms with E-state index in [-0.39, 0.29) is 0 Å². The van der Waals surface area contributed by atoms with Gasteiger partial charge in [-0.25, -0.2) is 0 Å². The first-order valence-corrected chi connectivity index (χ1v) is 6.21. The van der Waals surface area contributed by atoms with Gasteiger partial charge >= 0.3 is 0 Å². The molecule has 1 aliphatic heterocycles. The lowest BCUT2D eigenvalue weighted by Crippen LogP contribution is -2.32. The van der Waals surface area contributed by atoms with Crippen molar-refractivity contribution < 1.29 is 9.47 Å². The molecule has 1 aromatic rings. The third-order valence-corrected chi connectivity index (χ3v) is 3.16. The van der Waals surface area contributed by atoms with Crippen LogP contribution in [0.15, 0.2) is 18.2 Å². The standard InChI is InChI=1S/C14H21NO2/c1-10(9-16-3)15-11(2)12-4-5-14-13(8-12)6-7-17-14/h4-5,8,10-11,15H,6-7,9H2,1-3H3. The Morgan fingerprint density at radius 1 is 1.41 bits per heavy atom. The van der Waals surface area contributed by atoms with Crippen LogP contribution in [0.4, 0.5) is 0 Å². The fraction of sp³-hybridized carbons (Fsp3) is 0.571. The zero-order valence-corrected chi connectivity index (χ0v) is 10.8. The van der Waals surface area contributed by atoms with Gasteiger partial charge in [0, 0.05) is 25.6 Å². The minimum Gasteiger partial charge on any atom is -0.493 e. The Bertz CT molecular complexity index is 378. The topological polar surface area (TPSA) is 30.5 Å². The number of rotatable bonds is 5. The van der Waals surface area contributed by atoms with Gasteiger partial charge in [-0.1, -0.05) is 12.1 Å². The monoisotopic (exact) mass is 235 g/mol. The highest BCUT2D eigenvalue weighted by Crippen LogP contribution is 2.28. The summed E-state index contributed by atoms with van der Waals surface area (Å²) < 4.78 is 10.6. The highest BCUT2D eigenvalue weighted by Gasteiger charge is 2.15. The van der Waals surface area contributed by atoms with Gasteiger partial charge in [-0.15, -0.1) is 0 Å². The maximum Gasteiger partial charge on any atom is 0.122 e. The fourth-order valence-electron chi connectivity index (χ4n) is 2.30. The molecule has 2 rings (SSSR count). The molecular formula is C14H21NO2. The summed E-state index contributed by atoms with van der Waals surface area (Å²) in [7, 11) is 1.73. The quantitative estimate of drug-likeness (QED) is 0.849. The third-order valence-electron chi connectivity index (χ3n) is 3.16. The molecule has 94 valence electrons. The fourth-order valence-corrected chi connectivity index (χ4v) is 2.30. The second kappa shape index (κ2) is 5.52. The van der Waals surface area contributed by atoms with Gasteiger partial charge in [0.2, 0.25) is 0 Å². The van der Waals surface area contributed by atoms with Crippen molar-refractivity contribution in [1.82, 2.24) is 5.32 Å². The summed E-state index contributed by atoms with van der Waals surface area (Å²) >= 11 is 0. The van der Waals surface area contributed by atoms with Gasteiger partial charge in [-0.2, -0.15) is 0 Å². The number of nitrogens with one attached hydrogen (secondary N) is 1. The Kier molecular flexibility index (Phi) is 4.02. The molecule has 0 amide bonds. The summed E-state index contributed by atoms with van der Waals surface area (Å²) in [6.45, 7) is 5.87. The van der Waals surface area contributed by atoms with Gasteiger partial charge in [-0.3, -0.25) is 0 Å². The first kappa shape index (κ1) is 12.4.